The Morgan fingerprint density at radius 1 is 1.16 bits per heavy atom. The van der Waals surface area contributed by atoms with Crippen molar-refractivity contribution < 1.29 is 4.79 Å². The molecule has 8 heteroatoms. The van der Waals surface area contributed by atoms with Gasteiger partial charge < -0.3 is 20.5 Å². The van der Waals surface area contributed by atoms with E-state index in [4.69, 9.17) is 12.2 Å². The number of hydrogen-bond acceptors (Lipinski definition) is 3. The molecule has 1 saturated heterocycles. The Morgan fingerprint density at radius 2 is 1.90 bits per heavy atom. The average Bonchev–Trinajstić information content (AvgIpc) is 3.22. The molecule has 31 heavy (non-hydrogen) atoms. The Hall–Kier alpha value is -2.46. The van der Waals surface area contributed by atoms with Gasteiger partial charge in [-0.1, -0.05) is 24.3 Å². The quantitative estimate of drug-likeness (QED) is 0.311. The number of carbonyl (C=O) groups is 1. The lowest BCUT2D eigenvalue weighted by molar-refractivity contribution is -0.116. The number of nitrogens with zero attached hydrogens (tertiary/aromatic N) is 2. The number of aryl methyl sites for hydroxylation is 2. The second kappa shape index (κ2) is 9.35. The van der Waals surface area contributed by atoms with Crippen LogP contribution in [-0.2, 0) is 4.79 Å². The number of halogens is 1. The average molecular weight is 545 g/mol. The Bertz CT molecular complexity index is 1090. The largest absolute Gasteiger partial charge is 0.362 e. The molecule has 2 atom stereocenters. The summed E-state index contributed by atoms with van der Waals surface area (Å²) >= 11 is 8.10. The minimum Gasteiger partial charge on any atom is -0.362 e. The molecule has 0 spiro atoms. The lowest BCUT2D eigenvalue weighted by atomic mass is 9.96. The summed E-state index contributed by atoms with van der Waals surface area (Å²) < 4.78 is 1.19. The number of carbonyl (C=O) groups excluding carboxylic acids is 1. The Kier molecular flexibility index (Phi) is 6.57. The van der Waals surface area contributed by atoms with Crippen LogP contribution in [0.2, 0.25) is 0 Å². The summed E-state index contributed by atoms with van der Waals surface area (Å²) in [6, 6.07) is 15.3. The number of aromatic amines is 1. The highest BCUT2D eigenvalue weighted by molar-refractivity contribution is 14.1. The van der Waals surface area contributed by atoms with E-state index in [0.717, 1.165) is 22.8 Å². The van der Waals surface area contributed by atoms with Crippen LogP contribution in [0.25, 0.3) is 0 Å². The molecule has 1 fully saturated rings. The zero-order chi connectivity index (χ0) is 22.0. The van der Waals surface area contributed by atoms with Crippen molar-refractivity contribution in [1.29, 1.82) is 0 Å². The van der Waals surface area contributed by atoms with Gasteiger partial charge in [0, 0.05) is 45.4 Å². The van der Waals surface area contributed by atoms with Crippen LogP contribution in [0.5, 0.6) is 0 Å². The van der Waals surface area contributed by atoms with Crippen LogP contribution in [0.4, 0.5) is 5.69 Å². The van der Waals surface area contributed by atoms with Crippen molar-refractivity contribution in [3.8, 4) is 0 Å². The molecule has 1 aromatic carbocycles. The number of aromatic nitrogens is 2. The van der Waals surface area contributed by atoms with E-state index in [1.165, 1.54) is 9.13 Å². The predicted molar refractivity (Wildman–Crippen MR) is 135 cm³/mol. The molecule has 3 N–H and O–H groups in total. The first-order chi connectivity index (χ1) is 15.0. The van der Waals surface area contributed by atoms with Gasteiger partial charge in [0.2, 0.25) is 5.91 Å². The highest BCUT2D eigenvalue weighted by atomic mass is 127. The molecule has 160 valence electrons. The van der Waals surface area contributed by atoms with Crippen molar-refractivity contribution in [3.05, 3.63) is 80.9 Å². The standard InChI is InChI=1S/C23H24IN5OS/c1-14-19(20(24)15(2)26-14)22-21(17-10-6-7-12-25-17)28-23(31)29(22)13-11-18(30)27-16-8-4-3-5-9-16/h3-10,12,21-22,26H,11,13H2,1-2H3,(H,27,30)(H,28,31). The summed E-state index contributed by atoms with van der Waals surface area (Å²) in [6.07, 6.45) is 2.13. The second-order valence-electron chi connectivity index (χ2n) is 7.59. The first-order valence-electron chi connectivity index (χ1n) is 10.1. The third-order valence-electron chi connectivity index (χ3n) is 5.48. The molecule has 3 aromatic rings. The van der Waals surface area contributed by atoms with Crippen molar-refractivity contribution in [2.75, 3.05) is 11.9 Å². The van der Waals surface area contributed by atoms with Crippen LogP contribution in [0.15, 0.2) is 54.7 Å². The van der Waals surface area contributed by atoms with Gasteiger partial charge in [0.05, 0.1) is 17.8 Å². The zero-order valence-electron chi connectivity index (χ0n) is 17.4. The van der Waals surface area contributed by atoms with Gasteiger partial charge in [-0.15, -0.1) is 0 Å². The Labute approximate surface area is 201 Å². The number of H-pyrrole nitrogens is 1. The fraction of sp³-hybridized carbons (Fsp3) is 0.261. The van der Waals surface area contributed by atoms with Gasteiger partial charge >= 0.3 is 0 Å². The zero-order valence-corrected chi connectivity index (χ0v) is 20.3. The van der Waals surface area contributed by atoms with Crippen LogP contribution in [0, 0.1) is 17.4 Å². The van der Waals surface area contributed by atoms with E-state index < -0.39 is 0 Å². The molecule has 0 radical (unpaired) electrons. The van der Waals surface area contributed by atoms with Crippen molar-refractivity contribution in [2.24, 2.45) is 0 Å². The number of amides is 1. The number of hydrogen-bond donors (Lipinski definition) is 3. The summed E-state index contributed by atoms with van der Waals surface area (Å²) in [4.78, 5) is 22.7. The van der Waals surface area contributed by atoms with Gasteiger partial charge in [-0.05, 0) is 72.9 Å². The van der Waals surface area contributed by atoms with E-state index in [1.54, 1.807) is 6.20 Å². The molecule has 0 saturated carbocycles. The molecule has 4 rings (SSSR count). The molecule has 6 nitrogen and oxygen atoms in total. The fourth-order valence-corrected chi connectivity index (χ4v) is 5.24. The maximum atomic E-state index is 12.6. The summed E-state index contributed by atoms with van der Waals surface area (Å²) in [5.74, 6) is -0.0364. The molecule has 0 bridgehead atoms. The SMILES string of the molecule is Cc1[nH]c(C)c(C2C(c3ccccn3)NC(=S)N2CCC(=O)Nc2ccccc2)c1I. The molecular weight excluding hydrogens is 521 g/mol. The van der Waals surface area contributed by atoms with Gasteiger partial charge in [0.25, 0.3) is 0 Å². The maximum Gasteiger partial charge on any atom is 0.226 e. The number of pyridine rings is 1. The van der Waals surface area contributed by atoms with E-state index >= 15 is 0 Å². The highest BCUT2D eigenvalue weighted by Gasteiger charge is 2.42. The van der Waals surface area contributed by atoms with Crippen LogP contribution < -0.4 is 10.6 Å². The minimum atomic E-state index is -0.0895. The van der Waals surface area contributed by atoms with Gasteiger partial charge in [-0.25, -0.2) is 0 Å². The topological polar surface area (TPSA) is 73.0 Å². The molecule has 0 aliphatic carbocycles. The Morgan fingerprint density at radius 3 is 2.55 bits per heavy atom. The van der Waals surface area contributed by atoms with E-state index in [0.29, 0.717) is 18.1 Å². The minimum absolute atomic E-state index is 0.0364. The van der Waals surface area contributed by atoms with Gasteiger partial charge in [0.15, 0.2) is 5.11 Å². The fourth-order valence-electron chi connectivity index (χ4n) is 4.05. The van der Waals surface area contributed by atoms with Gasteiger partial charge in [-0.2, -0.15) is 0 Å². The maximum absolute atomic E-state index is 12.6. The lowest BCUT2D eigenvalue weighted by Gasteiger charge is -2.28. The first kappa shape index (κ1) is 21.8. The predicted octanol–water partition coefficient (Wildman–Crippen LogP) is 4.63. The van der Waals surface area contributed by atoms with E-state index in [-0.39, 0.29) is 18.0 Å². The first-order valence-corrected chi connectivity index (χ1v) is 11.6. The summed E-state index contributed by atoms with van der Waals surface area (Å²) in [5, 5.41) is 7.05. The van der Waals surface area contributed by atoms with Gasteiger partial charge in [-0.3, -0.25) is 9.78 Å². The summed E-state index contributed by atoms with van der Waals surface area (Å²) in [6.45, 7) is 4.67. The molecule has 1 aliphatic heterocycles. The summed E-state index contributed by atoms with van der Waals surface area (Å²) in [5.41, 5.74) is 5.17. The van der Waals surface area contributed by atoms with Crippen molar-refractivity contribution in [3.63, 3.8) is 0 Å². The number of anilines is 1. The van der Waals surface area contributed by atoms with Crippen molar-refractivity contribution >= 4 is 51.5 Å². The van der Waals surface area contributed by atoms with Crippen LogP contribution in [-0.4, -0.2) is 32.4 Å². The van der Waals surface area contributed by atoms with Crippen molar-refractivity contribution in [1.82, 2.24) is 20.2 Å². The van der Waals surface area contributed by atoms with Crippen LogP contribution in [0.1, 0.15) is 41.1 Å². The van der Waals surface area contributed by atoms with E-state index in [2.05, 4.69) is 61.9 Å². The second-order valence-corrected chi connectivity index (χ2v) is 9.05. The molecule has 1 amide bonds. The number of para-hydroxylation sites is 1. The normalized spacial score (nSPS) is 18.2. The highest BCUT2D eigenvalue weighted by Crippen LogP contribution is 2.42. The molecule has 2 aromatic heterocycles. The number of rotatable bonds is 6. The number of thiocarbonyl (C=S) groups is 1. The lowest BCUT2D eigenvalue weighted by Crippen LogP contribution is -2.33. The monoisotopic (exact) mass is 545 g/mol. The number of nitrogens with one attached hydrogen (secondary N) is 3. The van der Waals surface area contributed by atoms with E-state index in [1.807, 2.05) is 48.5 Å². The van der Waals surface area contributed by atoms with Crippen LogP contribution in [0.3, 0.4) is 0 Å². The smallest absolute Gasteiger partial charge is 0.226 e. The number of benzene rings is 1. The van der Waals surface area contributed by atoms with Gasteiger partial charge in [0.1, 0.15) is 0 Å². The third-order valence-corrected chi connectivity index (χ3v) is 7.22. The Balaban J connectivity index is 1.60. The molecule has 2 unspecified atom stereocenters. The molecule has 1 aliphatic rings. The molecular formula is C23H24IN5OS. The molecule has 3 heterocycles. The third kappa shape index (κ3) is 4.59. The summed E-state index contributed by atoms with van der Waals surface area (Å²) in [7, 11) is 0. The van der Waals surface area contributed by atoms with Crippen molar-refractivity contribution in [2.45, 2.75) is 32.4 Å². The van der Waals surface area contributed by atoms with Crippen LogP contribution >= 0.6 is 34.8 Å². The van der Waals surface area contributed by atoms with E-state index in [9.17, 15) is 4.79 Å².